The second kappa shape index (κ2) is 7.04. The number of thiophene rings is 1. The third-order valence-electron chi connectivity index (χ3n) is 2.32. The molecule has 3 nitrogen and oxygen atoms in total. The van der Waals surface area contributed by atoms with E-state index in [0.717, 1.165) is 5.56 Å². The minimum Gasteiger partial charge on any atom is -0.466 e. The number of nitrogens with one attached hydrogen (secondary N) is 1. The average molecular weight is 346 g/mol. The fourth-order valence-electron chi connectivity index (χ4n) is 1.37. The molecule has 0 aliphatic carbocycles. The third-order valence-corrected chi connectivity index (χ3v) is 4.13. The van der Waals surface area contributed by atoms with Gasteiger partial charge in [-0.1, -0.05) is 35.3 Å². The van der Waals surface area contributed by atoms with Crippen LogP contribution in [0.25, 0.3) is 0 Å². The molecule has 1 heterocycles. The van der Waals surface area contributed by atoms with Crippen LogP contribution in [-0.2, 0) is 11.3 Å². The fourth-order valence-corrected chi connectivity index (χ4v) is 2.68. The fraction of sp³-hybridized carbons (Fsp3) is 0.0769. The van der Waals surface area contributed by atoms with Crippen molar-refractivity contribution in [2.24, 2.45) is 0 Å². The molecule has 2 rings (SSSR count). The lowest BCUT2D eigenvalue weighted by molar-refractivity contribution is 0.0970. The first-order chi connectivity index (χ1) is 9.56. The molecule has 0 aliphatic rings. The first-order valence-corrected chi connectivity index (χ1v) is 7.56. The Kier molecular flexibility index (Phi) is 5.37. The highest BCUT2D eigenvalue weighted by Gasteiger charge is 2.13. The summed E-state index contributed by atoms with van der Waals surface area (Å²) in [6.45, 7) is 0.258. The van der Waals surface area contributed by atoms with E-state index in [1.165, 1.54) is 11.3 Å². The Morgan fingerprint density at radius 2 is 1.95 bits per heavy atom. The van der Waals surface area contributed by atoms with Crippen LogP contribution in [-0.4, -0.2) is 11.1 Å². The minimum atomic E-state index is -0.369. The first-order valence-electron chi connectivity index (χ1n) is 5.52. The van der Waals surface area contributed by atoms with Gasteiger partial charge in [-0.15, -0.1) is 11.3 Å². The van der Waals surface area contributed by atoms with Crippen LogP contribution in [0.3, 0.4) is 0 Å². The number of halogens is 2. The summed E-state index contributed by atoms with van der Waals surface area (Å²) in [5.74, 6) is -0.369. The maximum atomic E-state index is 11.8. The number of benzene rings is 1. The van der Waals surface area contributed by atoms with Crippen LogP contribution in [0.4, 0.5) is 0 Å². The summed E-state index contributed by atoms with van der Waals surface area (Å²) >= 11 is 17.8. The standard InChI is InChI=1S/C13H9Cl2NO2S2/c14-9-3-1-8(2-4-9)7-18-13(19)16-12(17)11-10(15)5-6-20-11/h1-6H,7H2,(H,16,17,19). The molecule has 0 fully saturated rings. The van der Waals surface area contributed by atoms with E-state index in [0.29, 0.717) is 14.9 Å². The van der Waals surface area contributed by atoms with Crippen LogP contribution in [0.5, 0.6) is 0 Å². The number of rotatable bonds is 3. The van der Waals surface area contributed by atoms with Gasteiger partial charge in [0.05, 0.1) is 5.02 Å². The predicted molar refractivity (Wildman–Crippen MR) is 85.6 cm³/mol. The van der Waals surface area contributed by atoms with Gasteiger partial charge in [0.15, 0.2) is 0 Å². The number of ether oxygens (including phenoxy) is 1. The summed E-state index contributed by atoms with van der Waals surface area (Å²) in [6, 6.07) is 8.81. The molecule has 1 aromatic heterocycles. The van der Waals surface area contributed by atoms with Gasteiger partial charge in [-0.3, -0.25) is 10.1 Å². The number of amides is 1. The maximum Gasteiger partial charge on any atom is 0.270 e. The molecule has 0 bridgehead atoms. The van der Waals surface area contributed by atoms with E-state index in [9.17, 15) is 4.79 Å². The highest BCUT2D eigenvalue weighted by Crippen LogP contribution is 2.21. The van der Waals surface area contributed by atoms with Crippen molar-refractivity contribution >= 4 is 57.8 Å². The summed E-state index contributed by atoms with van der Waals surface area (Å²) in [6.07, 6.45) is 0. The molecule has 0 unspecified atom stereocenters. The number of hydrogen-bond donors (Lipinski definition) is 1. The molecular weight excluding hydrogens is 337 g/mol. The van der Waals surface area contributed by atoms with Gasteiger partial charge >= 0.3 is 0 Å². The summed E-state index contributed by atoms with van der Waals surface area (Å²) in [5, 5.41) is 5.26. The Balaban J connectivity index is 1.85. The van der Waals surface area contributed by atoms with Crippen molar-refractivity contribution in [3.8, 4) is 0 Å². The van der Waals surface area contributed by atoms with Crippen molar-refractivity contribution in [2.45, 2.75) is 6.61 Å². The van der Waals surface area contributed by atoms with E-state index in [-0.39, 0.29) is 17.7 Å². The summed E-state index contributed by atoms with van der Waals surface area (Å²) in [5.41, 5.74) is 0.903. The number of carbonyl (C=O) groups is 1. The molecule has 104 valence electrons. The Morgan fingerprint density at radius 1 is 1.25 bits per heavy atom. The first kappa shape index (κ1) is 15.3. The zero-order chi connectivity index (χ0) is 14.5. The molecule has 0 saturated heterocycles. The van der Waals surface area contributed by atoms with Gasteiger partial charge in [-0.25, -0.2) is 0 Å². The minimum absolute atomic E-state index is 0.00872. The number of hydrogen-bond acceptors (Lipinski definition) is 4. The van der Waals surface area contributed by atoms with Gasteiger partial charge in [-0.2, -0.15) is 0 Å². The number of thiocarbonyl (C=S) groups is 1. The zero-order valence-corrected chi connectivity index (χ0v) is 13.2. The maximum absolute atomic E-state index is 11.8. The molecule has 2 aromatic rings. The lowest BCUT2D eigenvalue weighted by Gasteiger charge is -2.08. The van der Waals surface area contributed by atoms with Crippen molar-refractivity contribution in [3.63, 3.8) is 0 Å². The molecule has 1 aromatic carbocycles. The molecule has 0 atom stereocenters. The van der Waals surface area contributed by atoms with E-state index in [2.05, 4.69) is 5.32 Å². The van der Waals surface area contributed by atoms with Crippen LogP contribution in [0, 0.1) is 0 Å². The van der Waals surface area contributed by atoms with Gasteiger partial charge in [0.1, 0.15) is 11.5 Å². The molecule has 1 N–H and O–H groups in total. The molecule has 20 heavy (non-hydrogen) atoms. The second-order valence-corrected chi connectivity index (χ2v) is 5.88. The summed E-state index contributed by atoms with van der Waals surface area (Å²) in [7, 11) is 0. The van der Waals surface area contributed by atoms with Crippen molar-refractivity contribution in [1.82, 2.24) is 5.32 Å². The molecule has 0 spiro atoms. The Bertz CT molecular complexity index is 626. The molecule has 0 saturated carbocycles. The third kappa shape index (κ3) is 4.18. The van der Waals surface area contributed by atoms with E-state index in [1.807, 2.05) is 12.1 Å². The number of carbonyl (C=O) groups excluding carboxylic acids is 1. The molecule has 1 amide bonds. The average Bonchev–Trinajstić information content (AvgIpc) is 2.84. The molecule has 0 radical (unpaired) electrons. The van der Waals surface area contributed by atoms with E-state index in [4.69, 9.17) is 40.2 Å². The summed E-state index contributed by atoms with van der Waals surface area (Å²) in [4.78, 5) is 12.2. The lowest BCUT2D eigenvalue weighted by Crippen LogP contribution is -2.30. The van der Waals surface area contributed by atoms with Crippen molar-refractivity contribution in [3.05, 3.63) is 56.2 Å². The zero-order valence-electron chi connectivity index (χ0n) is 10.1. The predicted octanol–water partition coefficient (Wildman–Crippen LogP) is 4.29. The normalized spacial score (nSPS) is 10.1. The Labute approximate surface area is 135 Å². The Morgan fingerprint density at radius 3 is 2.55 bits per heavy atom. The highest BCUT2D eigenvalue weighted by molar-refractivity contribution is 7.80. The van der Waals surface area contributed by atoms with Crippen molar-refractivity contribution in [2.75, 3.05) is 0 Å². The monoisotopic (exact) mass is 345 g/mol. The van der Waals surface area contributed by atoms with E-state index < -0.39 is 0 Å². The van der Waals surface area contributed by atoms with Crippen LogP contribution >= 0.6 is 46.8 Å². The smallest absolute Gasteiger partial charge is 0.270 e. The van der Waals surface area contributed by atoms with Crippen LogP contribution in [0.1, 0.15) is 15.2 Å². The van der Waals surface area contributed by atoms with Gasteiger partial charge in [-0.05, 0) is 41.4 Å². The van der Waals surface area contributed by atoms with Crippen LogP contribution < -0.4 is 5.32 Å². The molecule has 0 aliphatic heterocycles. The summed E-state index contributed by atoms with van der Waals surface area (Å²) < 4.78 is 5.29. The molecular formula is C13H9Cl2NO2S2. The largest absolute Gasteiger partial charge is 0.466 e. The topological polar surface area (TPSA) is 38.3 Å². The van der Waals surface area contributed by atoms with Crippen molar-refractivity contribution in [1.29, 1.82) is 0 Å². The van der Waals surface area contributed by atoms with Crippen molar-refractivity contribution < 1.29 is 9.53 Å². The van der Waals surface area contributed by atoms with Gasteiger partial charge < -0.3 is 4.74 Å². The quantitative estimate of drug-likeness (QED) is 0.843. The van der Waals surface area contributed by atoms with Crippen LogP contribution in [0.2, 0.25) is 10.0 Å². The SMILES string of the molecule is O=C(NC(=S)OCc1ccc(Cl)cc1)c1sccc1Cl. The van der Waals surface area contributed by atoms with Crippen LogP contribution in [0.15, 0.2) is 35.7 Å². The van der Waals surface area contributed by atoms with Gasteiger partial charge in [0, 0.05) is 5.02 Å². The molecule has 7 heteroatoms. The Hall–Kier alpha value is -1.14. The highest BCUT2D eigenvalue weighted by atomic mass is 35.5. The van der Waals surface area contributed by atoms with E-state index >= 15 is 0 Å². The van der Waals surface area contributed by atoms with Gasteiger partial charge in [0.25, 0.3) is 11.1 Å². The second-order valence-electron chi connectivity index (χ2n) is 3.75. The van der Waals surface area contributed by atoms with E-state index in [1.54, 1.807) is 23.6 Å². The lowest BCUT2D eigenvalue weighted by atomic mass is 10.2. The van der Waals surface area contributed by atoms with Gasteiger partial charge in [0.2, 0.25) is 0 Å².